The molecule has 0 aliphatic rings. The maximum absolute atomic E-state index is 11.5. The molecule has 5 heteroatoms. The van der Waals surface area contributed by atoms with E-state index in [1.165, 1.54) is 7.11 Å². The van der Waals surface area contributed by atoms with Crippen molar-refractivity contribution in [1.82, 2.24) is 5.32 Å². The third-order valence-electron chi connectivity index (χ3n) is 2.09. The van der Waals surface area contributed by atoms with E-state index in [1.54, 1.807) is 12.1 Å². The second-order valence-corrected chi connectivity index (χ2v) is 3.36. The van der Waals surface area contributed by atoms with Gasteiger partial charge in [-0.15, -0.1) is 0 Å². The lowest BCUT2D eigenvalue weighted by atomic mass is 10.2. The van der Waals surface area contributed by atoms with Gasteiger partial charge in [0.15, 0.2) is 0 Å². The molecule has 2 N–H and O–H groups in total. The predicted octanol–water partition coefficient (Wildman–Crippen LogP) is 1.80. The number of esters is 1. The molecular weight excluding hydrogens is 220 g/mol. The number of hydrogen-bond acceptors (Lipinski definition) is 3. The largest absolute Gasteiger partial charge is 0.464 e. The lowest BCUT2D eigenvalue weighted by Crippen LogP contribution is -2.31. The molecule has 0 aliphatic heterocycles. The van der Waals surface area contributed by atoms with Gasteiger partial charge >= 0.3 is 12.0 Å². The van der Waals surface area contributed by atoms with Gasteiger partial charge in [-0.05, 0) is 18.6 Å². The summed E-state index contributed by atoms with van der Waals surface area (Å²) in [6.07, 6.45) is 0. The van der Waals surface area contributed by atoms with E-state index in [4.69, 9.17) is 0 Å². The number of amides is 2. The summed E-state index contributed by atoms with van der Waals surface area (Å²) >= 11 is 0. The molecule has 1 aromatic carbocycles. The number of carbonyl (C=O) groups excluding carboxylic acids is 2. The van der Waals surface area contributed by atoms with Crippen LogP contribution in [0.4, 0.5) is 10.5 Å². The smallest absolute Gasteiger partial charge is 0.353 e. The Bertz CT molecular complexity index is 455. The minimum Gasteiger partial charge on any atom is -0.464 e. The molecule has 2 amide bonds. The fourth-order valence-corrected chi connectivity index (χ4v) is 1.18. The number of hydrogen-bond donors (Lipinski definition) is 2. The minimum absolute atomic E-state index is 0.112. The quantitative estimate of drug-likeness (QED) is 0.619. The summed E-state index contributed by atoms with van der Waals surface area (Å²) in [5.41, 5.74) is 1.48. The molecule has 5 nitrogen and oxygen atoms in total. The van der Waals surface area contributed by atoms with Gasteiger partial charge in [0.05, 0.1) is 7.11 Å². The van der Waals surface area contributed by atoms with Gasteiger partial charge in [-0.1, -0.05) is 24.8 Å². The van der Waals surface area contributed by atoms with Gasteiger partial charge in [0.2, 0.25) is 0 Å². The van der Waals surface area contributed by atoms with Crippen molar-refractivity contribution < 1.29 is 14.3 Å². The van der Waals surface area contributed by atoms with Crippen LogP contribution in [0.15, 0.2) is 36.5 Å². The zero-order chi connectivity index (χ0) is 12.8. The lowest BCUT2D eigenvalue weighted by Gasteiger charge is -2.09. The minimum atomic E-state index is -0.676. The first-order valence-corrected chi connectivity index (χ1v) is 4.95. The number of rotatable bonds is 3. The normalized spacial score (nSPS) is 9.29. The fraction of sp³-hybridized carbons (Fsp3) is 0.167. The summed E-state index contributed by atoms with van der Waals surface area (Å²) in [5, 5.41) is 4.89. The molecule has 0 unspecified atom stereocenters. The van der Waals surface area contributed by atoms with Gasteiger partial charge in [-0.2, -0.15) is 0 Å². The molecule has 0 aliphatic carbocycles. The molecule has 17 heavy (non-hydrogen) atoms. The van der Waals surface area contributed by atoms with Crippen LogP contribution in [0.5, 0.6) is 0 Å². The van der Waals surface area contributed by atoms with Crippen LogP contribution in [-0.4, -0.2) is 19.1 Å². The van der Waals surface area contributed by atoms with E-state index >= 15 is 0 Å². The third kappa shape index (κ3) is 3.64. The molecule has 0 heterocycles. The highest BCUT2D eigenvalue weighted by atomic mass is 16.5. The Morgan fingerprint density at radius 2 is 1.94 bits per heavy atom. The summed E-state index contributed by atoms with van der Waals surface area (Å²) in [7, 11) is 1.22. The van der Waals surface area contributed by atoms with Crippen molar-refractivity contribution in [3.63, 3.8) is 0 Å². The number of methoxy groups -OCH3 is 1. The molecule has 0 bridgehead atoms. The van der Waals surface area contributed by atoms with Crippen molar-refractivity contribution in [2.75, 3.05) is 12.4 Å². The molecule has 1 aromatic rings. The fourth-order valence-electron chi connectivity index (χ4n) is 1.18. The van der Waals surface area contributed by atoms with Crippen molar-refractivity contribution in [2.24, 2.45) is 0 Å². The SMILES string of the molecule is C=C(NC(=O)Nc1ccccc1C)C(=O)OC. The van der Waals surface area contributed by atoms with Crippen LogP contribution in [0.2, 0.25) is 0 Å². The highest BCUT2D eigenvalue weighted by molar-refractivity contribution is 5.97. The summed E-state index contributed by atoms with van der Waals surface area (Å²) < 4.78 is 4.41. The Hall–Kier alpha value is -2.30. The summed E-state index contributed by atoms with van der Waals surface area (Å²) in [5.74, 6) is -0.676. The van der Waals surface area contributed by atoms with Crippen LogP contribution in [0, 0.1) is 6.92 Å². The zero-order valence-electron chi connectivity index (χ0n) is 9.74. The van der Waals surface area contributed by atoms with E-state index in [-0.39, 0.29) is 5.70 Å². The molecule has 1 rings (SSSR count). The van der Waals surface area contributed by atoms with Crippen LogP contribution in [0.1, 0.15) is 5.56 Å². The first-order chi connectivity index (χ1) is 8.04. The summed E-state index contributed by atoms with van der Waals surface area (Å²) in [6.45, 7) is 5.25. The number of para-hydroxylation sites is 1. The van der Waals surface area contributed by atoms with Crippen molar-refractivity contribution in [3.8, 4) is 0 Å². The summed E-state index contributed by atoms with van der Waals surface area (Å²) in [4.78, 5) is 22.5. The van der Waals surface area contributed by atoms with Crippen molar-refractivity contribution in [1.29, 1.82) is 0 Å². The molecular formula is C12H14N2O3. The van der Waals surface area contributed by atoms with Crippen molar-refractivity contribution in [2.45, 2.75) is 6.92 Å². The predicted molar refractivity (Wildman–Crippen MR) is 64.5 cm³/mol. The van der Waals surface area contributed by atoms with Crippen LogP contribution in [-0.2, 0) is 9.53 Å². The summed E-state index contributed by atoms with van der Waals surface area (Å²) in [6, 6.07) is 6.76. The maximum atomic E-state index is 11.5. The highest BCUT2D eigenvalue weighted by Gasteiger charge is 2.10. The topological polar surface area (TPSA) is 67.4 Å². The van der Waals surface area contributed by atoms with Crippen molar-refractivity contribution >= 4 is 17.7 Å². The number of benzene rings is 1. The number of aryl methyl sites for hydroxylation is 1. The van der Waals surface area contributed by atoms with Gasteiger partial charge in [0, 0.05) is 5.69 Å². The number of nitrogens with one attached hydrogen (secondary N) is 2. The van der Waals surface area contributed by atoms with Gasteiger partial charge in [0.25, 0.3) is 0 Å². The molecule has 0 atom stereocenters. The Kier molecular flexibility index (Phi) is 4.28. The molecule has 0 fully saturated rings. The molecule has 0 radical (unpaired) electrons. The molecule has 0 spiro atoms. The first-order valence-electron chi connectivity index (χ1n) is 4.95. The average molecular weight is 234 g/mol. The van der Waals surface area contributed by atoms with E-state index in [1.807, 2.05) is 19.1 Å². The number of anilines is 1. The van der Waals surface area contributed by atoms with E-state index in [0.29, 0.717) is 5.69 Å². The van der Waals surface area contributed by atoms with Crippen molar-refractivity contribution in [3.05, 3.63) is 42.1 Å². The van der Waals surface area contributed by atoms with Gasteiger partial charge in [-0.25, -0.2) is 9.59 Å². The Balaban J connectivity index is 2.59. The first kappa shape index (κ1) is 12.8. The van der Waals surface area contributed by atoms with Crippen LogP contribution in [0.25, 0.3) is 0 Å². The van der Waals surface area contributed by atoms with Gasteiger partial charge in [0.1, 0.15) is 5.70 Å². The lowest BCUT2D eigenvalue weighted by molar-refractivity contribution is -0.136. The molecule has 0 aromatic heterocycles. The molecule has 90 valence electrons. The number of carbonyl (C=O) groups is 2. The van der Waals surface area contributed by atoms with E-state index in [9.17, 15) is 9.59 Å². The Morgan fingerprint density at radius 1 is 1.29 bits per heavy atom. The Labute approximate surface area is 99.5 Å². The standard InChI is InChI=1S/C12H14N2O3/c1-8-6-4-5-7-10(8)14-12(16)13-9(2)11(15)17-3/h4-7H,2H2,1,3H3,(H2,13,14,16). The van der Waals surface area contributed by atoms with E-state index < -0.39 is 12.0 Å². The molecule has 0 saturated heterocycles. The van der Waals surface area contributed by atoms with E-state index in [0.717, 1.165) is 5.56 Å². The van der Waals surface area contributed by atoms with E-state index in [2.05, 4.69) is 21.9 Å². The average Bonchev–Trinajstić information content (AvgIpc) is 2.31. The number of ether oxygens (including phenoxy) is 1. The second-order valence-electron chi connectivity index (χ2n) is 3.36. The van der Waals surface area contributed by atoms with Gasteiger partial charge < -0.3 is 15.4 Å². The maximum Gasteiger partial charge on any atom is 0.353 e. The second kappa shape index (κ2) is 5.69. The monoisotopic (exact) mass is 234 g/mol. The number of urea groups is 1. The van der Waals surface area contributed by atoms with Crippen LogP contribution < -0.4 is 10.6 Å². The third-order valence-corrected chi connectivity index (χ3v) is 2.09. The highest BCUT2D eigenvalue weighted by Crippen LogP contribution is 2.12. The van der Waals surface area contributed by atoms with Gasteiger partial charge in [-0.3, -0.25) is 0 Å². The van der Waals surface area contributed by atoms with Crippen LogP contribution in [0.3, 0.4) is 0 Å². The van der Waals surface area contributed by atoms with Crippen LogP contribution >= 0.6 is 0 Å². The Morgan fingerprint density at radius 3 is 2.53 bits per heavy atom. The molecule has 0 saturated carbocycles. The zero-order valence-corrected chi connectivity index (χ0v) is 9.74.